The number of carbonyl (C=O) groups is 1. The molecule has 98 valence electrons. The van der Waals surface area contributed by atoms with E-state index in [1.807, 2.05) is 17.9 Å². The molecule has 1 amide bonds. The van der Waals surface area contributed by atoms with Crippen LogP contribution < -0.4 is 5.32 Å². The zero-order chi connectivity index (χ0) is 13.0. The summed E-state index contributed by atoms with van der Waals surface area (Å²) in [6.07, 6.45) is 3.82. The van der Waals surface area contributed by atoms with E-state index in [9.17, 15) is 4.79 Å². The maximum Gasteiger partial charge on any atom is 0.219 e. The van der Waals surface area contributed by atoms with Gasteiger partial charge < -0.3 is 10.2 Å². The quantitative estimate of drug-likeness (QED) is 0.863. The molecule has 18 heavy (non-hydrogen) atoms. The highest BCUT2D eigenvalue weighted by atomic mass is 16.2. The van der Waals surface area contributed by atoms with E-state index in [2.05, 4.69) is 15.3 Å². The summed E-state index contributed by atoms with van der Waals surface area (Å²) in [4.78, 5) is 21.6. The van der Waals surface area contributed by atoms with Gasteiger partial charge in [0, 0.05) is 38.8 Å². The first-order valence-corrected chi connectivity index (χ1v) is 6.42. The first-order chi connectivity index (χ1) is 8.65. The number of likely N-dealkylation sites (tertiary alicyclic amines) is 1. The number of nitrogens with one attached hydrogen (secondary N) is 1. The Morgan fingerprint density at radius 3 is 2.83 bits per heavy atom. The van der Waals surface area contributed by atoms with Crippen molar-refractivity contribution in [3.63, 3.8) is 0 Å². The molecule has 2 rings (SSSR count). The van der Waals surface area contributed by atoms with Crippen molar-refractivity contribution < 1.29 is 4.79 Å². The molecule has 0 bridgehead atoms. The van der Waals surface area contributed by atoms with E-state index < -0.39 is 0 Å². The summed E-state index contributed by atoms with van der Waals surface area (Å²) in [5.41, 5.74) is 1.02. The first-order valence-electron chi connectivity index (χ1n) is 6.42. The summed E-state index contributed by atoms with van der Waals surface area (Å²) in [7, 11) is 0. The zero-order valence-corrected chi connectivity index (χ0v) is 11.0. The summed E-state index contributed by atoms with van der Waals surface area (Å²) >= 11 is 0. The highest BCUT2D eigenvalue weighted by Gasteiger charge is 2.20. The van der Waals surface area contributed by atoms with Gasteiger partial charge in [-0.2, -0.15) is 0 Å². The minimum Gasteiger partial charge on any atom is -0.343 e. The minimum absolute atomic E-state index is 0.180. The average Bonchev–Trinajstić information content (AvgIpc) is 2.37. The smallest absolute Gasteiger partial charge is 0.219 e. The third-order valence-corrected chi connectivity index (χ3v) is 3.35. The molecule has 0 atom stereocenters. The van der Waals surface area contributed by atoms with Crippen molar-refractivity contribution in [3.05, 3.63) is 23.8 Å². The largest absolute Gasteiger partial charge is 0.343 e. The molecular formula is C13H20N4O. The van der Waals surface area contributed by atoms with Gasteiger partial charge in [-0.15, -0.1) is 0 Å². The van der Waals surface area contributed by atoms with Gasteiger partial charge in [0.1, 0.15) is 5.82 Å². The van der Waals surface area contributed by atoms with E-state index in [0.717, 1.165) is 44.0 Å². The van der Waals surface area contributed by atoms with Crippen LogP contribution in [-0.4, -0.2) is 39.9 Å². The van der Waals surface area contributed by atoms with Crippen LogP contribution in [0.15, 0.2) is 12.3 Å². The molecule has 1 fully saturated rings. The van der Waals surface area contributed by atoms with Crippen LogP contribution in [0, 0.1) is 6.92 Å². The van der Waals surface area contributed by atoms with Gasteiger partial charge in [-0.25, -0.2) is 9.97 Å². The predicted molar refractivity (Wildman–Crippen MR) is 68.9 cm³/mol. The number of carbonyl (C=O) groups excluding carboxylic acids is 1. The minimum atomic E-state index is 0.180. The Kier molecular flexibility index (Phi) is 4.25. The molecule has 0 spiro atoms. The lowest BCUT2D eigenvalue weighted by Gasteiger charge is -2.31. The van der Waals surface area contributed by atoms with E-state index in [0.29, 0.717) is 6.04 Å². The van der Waals surface area contributed by atoms with Gasteiger partial charge >= 0.3 is 0 Å². The first kappa shape index (κ1) is 13.0. The fraction of sp³-hybridized carbons (Fsp3) is 0.615. The standard InChI is InChI=1S/C13H20N4O/c1-10-14-6-3-13(16-10)9-15-12-4-7-17(8-5-12)11(2)18/h3,6,12,15H,4-5,7-9H2,1-2H3. The lowest BCUT2D eigenvalue weighted by molar-refractivity contribution is -0.129. The highest BCUT2D eigenvalue weighted by Crippen LogP contribution is 2.10. The van der Waals surface area contributed by atoms with Crippen LogP contribution in [0.25, 0.3) is 0 Å². The Morgan fingerprint density at radius 1 is 1.50 bits per heavy atom. The molecular weight excluding hydrogens is 228 g/mol. The summed E-state index contributed by atoms with van der Waals surface area (Å²) in [5, 5.41) is 3.50. The third kappa shape index (κ3) is 3.50. The molecule has 2 heterocycles. The maximum atomic E-state index is 11.2. The average molecular weight is 248 g/mol. The molecule has 0 unspecified atom stereocenters. The van der Waals surface area contributed by atoms with Crippen molar-refractivity contribution in [3.8, 4) is 0 Å². The van der Waals surface area contributed by atoms with Crippen LogP contribution in [-0.2, 0) is 11.3 Å². The molecule has 0 aliphatic carbocycles. The summed E-state index contributed by atoms with van der Waals surface area (Å²) in [6.45, 7) is 6.02. The molecule has 0 radical (unpaired) electrons. The monoisotopic (exact) mass is 248 g/mol. The lowest BCUT2D eigenvalue weighted by Crippen LogP contribution is -2.44. The summed E-state index contributed by atoms with van der Waals surface area (Å²) in [5.74, 6) is 0.987. The van der Waals surface area contributed by atoms with Crippen LogP contribution in [0.4, 0.5) is 0 Å². The number of hydrogen-bond donors (Lipinski definition) is 1. The van der Waals surface area contributed by atoms with Gasteiger partial charge in [0.2, 0.25) is 5.91 Å². The van der Waals surface area contributed by atoms with E-state index >= 15 is 0 Å². The molecule has 1 aliphatic rings. The molecule has 1 aliphatic heterocycles. The second kappa shape index (κ2) is 5.91. The van der Waals surface area contributed by atoms with Crippen LogP contribution >= 0.6 is 0 Å². The normalized spacial score (nSPS) is 16.9. The number of piperidine rings is 1. The molecule has 1 saturated heterocycles. The molecule has 0 aromatic carbocycles. The van der Waals surface area contributed by atoms with Gasteiger partial charge in [-0.1, -0.05) is 0 Å². The third-order valence-electron chi connectivity index (χ3n) is 3.35. The molecule has 1 aromatic rings. The number of aryl methyl sites for hydroxylation is 1. The number of hydrogen-bond acceptors (Lipinski definition) is 4. The number of aromatic nitrogens is 2. The highest BCUT2D eigenvalue weighted by molar-refractivity contribution is 5.73. The lowest BCUT2D eigenvalue weighted by atomic mass is 10.0. The number of rotatable bonds is 3. The molecule has 1 N–H and O–H groups in total. The molecule has 5 nitrogen and oxygen atoms in total. The Labute approximate surface area is 108 Å². The summed E-state index contributed by atoms with van der Waals surface area (Å²) in [6, 6.07) is 2.42. The van der Waals surface area contributed by atoms with Gasteiger partial charge in [0.05, 0.1) is 5.69 Å². The van der Waals surface area contributed by atoms with E-state index in [1.165, 1.54) is 0 Å². The van der Waals surface area contributed by atoms with E-state index in [-0.39, 0.29) is 5.91 Å². The SMILES string of the molecule is CC(=O)N1CCC(NCc2ccnc(C)n2)CC1. The second-order valence-electron chi connectivity index (χ2n) is 4.76. The second-order valence-corrected chi connectivity index (χ2v) is 4.76. The number of nitrogens with zero attached hydrogens (tertiary/aromatic N) is 3. The van der Waals surface area contributed by atoms with Gasteiger partial charge in [-0.05, 0) is 25.8 Å². The van der Waals surface area contributed by atoms with Crippen molar-refractivity contribution in [1.82, 2.24) is 20.2 Å². The molecule has 1 aromatic heterocycles. The van der Waals surface area contributed by atoms with E-state index in [4.69, 9.17) is 0 Å². The fourth-order valence-corrected chi connectivity index (χ4v) is 2.25. The van der Waals surface area contributed by atoms with Crippen molar-refractivity contribution in [2.24, 2.45) is 0 Å². The van der Waals surface area contributed by atoms with Gasteiger partial charge in [-0.3, -0.25) is 4.79 Å². The number of amides is 1. The van der Waals surface area contributed by atoms with Gasteiger partial charge in [0.25, 0.3) is 0 Å². The Balaban J connectivity index is 1.77. The van der Waals surface area contributed by atoms with Crippen LogP contribution in [0.5, 0.6) is 0 Å². The van der Waals surface area contributed by atoms with Crippen LogP contribution in [0.3, 0.4) is 0 Å². The zero-order valence-electron chi connectivity index (χ0n) is 11.0. The van der Waals surface area contributed by atoms with Crippen molar-refractivity contribution in [1.29, 1.82) is 0 Å². The Hall–Kier alpha value is -1.49. The molecule has 5 heteroatoms. The van der Waals surface area contributed by atoms with Crippen molar-refractivity contribution in [2.75, 3.05) is 13.1 Å². The summed E-state index contributed by atoms with van der Waals surface area (Å²) < 4.78 is 0. The van der Waals surface area contributed by atoms with E-state index in [1.54, 1.807) is 13.1 Å². The molecule has 0 saturated carbocycles. The van der Waals surface area contributed by atoms with Crippen LogP contribution in [0.2, 0.25) is 0 Å². The Morgan fingerprint density at radius 2 is 2.22 bits per heavy atom. The topological polar surface area (TPSA) is 58.1 Å². The van der Waals surface area contributed by atoms with Crippen LogP contribution in [0.1, 0.15) is 31.3 Å². The fourth-order valence-electron chi connectivity index (χ4n) is 2.25. The van der Waals surface area contributed by atoms with Gasteiger partial charge in [0.15, 0.2) is 0 Å². The van der Waals surface area contributed by atoms with Crippen molar-refractivity contribution >= 4 is 5.91 Å². The van der Waals surface area contributed by atoms with Crippen molar-refractivity contribution in [2.45, 2.75) is 39.3 Å². The Bertz CT molecular complexity index is 413. The maximum absolute atomic E-state index is 11.2. The predicted octanol–water partition coefficient (Wildman–Crippen LogP) is 0.886.